The quantitative estimate of drug-likeness (QED) is 0.272. The Labute approximate surface area is 265 Å². The zero-order valence-corrected chi connectivity index (χ0v) is 25.6. The van der Waals surface area contributed by atoms with Crippen LogP contribution in [0.4, 0.5) is 19.0 Å². The van der Waals surface area contributed by atoms with Crippen LogP contribution in [0, 0.1) is 24.0 Å². The van der Waals surface area contributed by atoms with Gasteiger partial charge in [-0.15, -0.1) is 6.42 Å². The van der Waals surface area contributed by atoms with Gasteiger partial charge in [-0.25, -0.2) is 13.2 Å². The Balaban J connectivity index is 1.28. The number of nitrogens with zero attached hydrogens (tertiary/aromatic N) is 5. The lowest BCUT2D eigenvalue weighted by molar-refractivity contribution is 0.107. The Kier molecular flexibility index (Phi) is 6.82. The molecule has 0 saturated carbocycles. The van der Waals surface area contributed by atoms with Gasteiger partial charge in [-0.2, -0.15) is 9.97 Å². The number of rotatable bonds is 6. The number of hydrogen-bond donors (Lipinski definition) is 2. The zero-order chi connectivity index (χ0) is 31.8. The Morgan fingerprint density at radius 3 is 2.89 bits per heavy atom. The summed E-state index contributed by atoms with van der Waals surface area (Å²) in [7, 11) is 0. The average molecular weight is 629 g/mol. The molecule has 6 heterocycles. The van der Waals surface area contributed by atoms with Crippen molar-refractivity contribution in [2.45, 2.75) is 68.7 Å². The molecule has 0 spiro atoms. The average Bonchev–Trinajstić information content (AvgIpc) is 3.68. The molecule has 4 aromatic rings. The predicted molar refractivity (Wildman–Crippen MR) is 170 cm³/mol. The summed E-state index contributed by atoms with van der Waals surface area (Å²) in [6, 6.07) is 5.76. The largest absolute Gasteiger partial charge is 0.508 e. The molecule has 0 aliphatic carbocycles. The number of piperazine rings is 1. The van der Waals surface area contributed by atoms with Crippen LogP contribution in [0.15, 0.2) is 30.5 Å². The van der Waals surface area contributed by atoms with Gasteiger partial charge in [0, 0.05) is 54.8 Å². The van der Waals surface area contributed by atoms with Crippen LogP contribution < -0.4 is 15.0 Å². The number of ether oxygens (including phenoxy) is 1. The number of benzene rings is 2. The van der Waals surface area contributed by atoms with Crippen LogP contribution in [-0.2, 0) is 0 Å². The van der Waals surface area contributed by atoms with E-state index in [1.165, 1.54) is 30.5 Å². The summed E-state index contributed by atoms with van der Waals surface area (Å²) in [5.41, 5.74) is -0.552. The molecule has 238 valence electrons. The van der Waals surface area contributed by atoms with Crippen LogP contribution in [0.1, 0.15) is 51.0 Å². The number of hydrogen-bond acceptors (Lipinski definition) is 8. The number of aromatic hydroxyl groups is 1. The number of fused-ring (bicyclic) bond motifs is 5. The molecule has 0 radical (unpaired) electrons. The second kappa shape index (κ2) is 10.7. The van der Waals surface area contributed by atoms with Crippen LogP contribution in [-0.4, -0.2) is 81.0 Å². The summed E-state index contributed by atoms with van der Waals surface area (Å²) >= 11 is 0. The molecule has 8 nitrogen and oxygen atoms in total. The van der Waals surface area contributed by atoms with Crippen LogP contribution >= 0.6 is 0 Å². The standard InChI is InChI=1S/C35H35F3N6O2/c1-3-24-27(37)7-6-20-12-23(45)13-25(28(20)24)30-29(38)31-26(15-39-30)32(43-17-22-8-10-34(4-2,18-43)42-22)41-33(40-31)46-19-35-9-5-11-44(35)16-21(36)14-35/h1,6-7,12-13,15,21-22,42,45H,4-5,8-11,14,16-19H2,2H3/t21-,22+,34-,35+/m1/s1. The van der Waals surface area contributed by atoms with Gasteiger partial charge in [0.25, 0.3) is 0 Å². The molecule has 4 aliphatic heterocycles. The van der Waals surface area contributed by atoms with Gasteiger partial charge in [0.15, 0.2) is 5.82 Å². The molecule has 46 heavy (non-hydrogen) atoms. The molecule has 4 aliphatic rings. The summed E-state index contributed by atoms with van der Waals surface area (Å²) in [6.45, 7) is 4.92. The third-order valence-corrected chi connectivity index (χ3v) is 10.7. The molecule has 0 unspecified atom stereocenters. The number of anilines is 1. The minimum atomic E-state index is -0.917. The maximum atomic E-state index is 16.9. The molecule has 11 heteroatoms. The normalized spacial score (nSPS) is 27.4. The monoisotopic (exact) mass is 628 g/mol. The Bertz CT molecular complexity index is 1930. The highest BCUT2D eigenvalue weighted by molar-refractivity contribution is 6.03. The van der Waals surface area contributed by atoms with E-state index < -0.39 is 23.3 Å². The number of nitrogens with one attached hydrogen (secondary N) is 1. The number of alkyl halides is 1. The second-order valence-corrected chi connectivity index (χ2v) is 13.4. The molecule has 2 bridgehead atoms. The molecule has 4 fully saturated rings. The lowest BCUT2D eigenvalue weighted by Crippen LogP contribution is -2.59. The fourth-order valence-corrected chi connectivity index (χ4v) is 8.45. The van der Waals surface area contributed by atoms with Crippen LogP contribution in [0.3, 0.4) is 0 Å². The third kappa shape index (κ3) is 4.56. The summed E-state index contributed by atoms with van der Waals surface area (Å²) in [4.78, 5) is 18.3. The van der Waals surface area contributed by atoms with E-state index in [9.17, 15) is 13.9 Å². The number of phenols is 1. The van der Waals surface area contributed by atoms with Gasteiger partial charge in [-0.05, 0) is 62.2 Å². The van der Waals surface area contributed by atoms with Crippen molar-refractivity contribution in [3.8, 4) is 35.4 Å². The Morgan fingerprint density at radius 2 is 2.07 bits per heavy atom. The van der Waals surface area contributed by atoms with E-state index in [1.54, 1.807) is 0 Å². The highest BCUT2D eigenvalue weighted by Gasteiger charge is 2.49. The van der Waals surface area contributed by atoms with Crippen molar-refractivity contribution in [2.75, 3.05) is 37.7 Å². The van der Waals surface area contributed by atoms with E-state index >= 15 is 4.39 Å². The van der Waals surface area contributed by atoms with E-state index in [1.807, 2.05) is 0 Å². The minimum Gasteiger partial charge on any atom is -0.508 e. The van der Waals surface area contributed by atoms with Crippen molar-refractivity contribution in [1.82, 2.24) is 25.2 Å². The Morgan fingerprint density at radius 1 is 1.20 bits per heavy atom. The van der Waals surface area contributed by atoms with Gasteiger partial charge < -0.3 is 20.1 Å². The van der Waals surface area contributed by atoms with Crippen molar-refractivity contribution in [3.63, 3.8) is 0 Å². The molecular formula is C35H35F3N6O2. The molecule has 2 N–H and O–H groups in total. The number of halogens is 3. The first kappa shape index (κ1) is 29.3. The smallest absolute Gasteiger partial charge is 0.319 e. The molecule has 8 rings (SSSR count). The van der Waals surface area contributed by atoms with Gasteiger partial charge in [0.2, 0.25) is 0 Å². The zero-order valence-electron chi connectivity index (χ0n) is 25.6. The predicted octanol–water partition coefficient (Wildman–Crippen LogP) is 5.49. The van der Waals surface area contributed by atoms with E-state index in [0.29, 0.717) is 42.6 Å². The lowest BCUT2D eigenvalue weighted by atomic mass is 9.93. The summed E-state index contributed by atoms with van der Waals surface area (Å²) in [6.07, 6.45) is 11.5. The van der Waals surface area contributed by atoms with Gasteiger partial charge in [0.05, 0.1) is 16.5 Å². The Hall–Kier alpha value is -4.14. The summed E-state index contributed by atoms with van der Waals surface area (Å²) < 4.78 is 52.5. The van der Waals surface area contributed by atoms with Gasteiger partial charge in [-0.1, -0.05) is 18.9 Å². The highest BCUT2D eigenvalue weighted by Crippen LogP contribution is 2.42. The van der Waals surface area contributed by atoms with E-state index in [4.69, 9.17) is 16.1 Å². The first-order valence-electron chi connectivity index (χ1n) is 16.0. The van der Waals surface area contributed by atoms with Crippen molar-refractivity contribution in [3.05, 3.63) is 47.7 Å². The number of pyridine rings is 1. The fourth-order valence-electron chi connectivity index (χ4n) is 8.45. The number of terminal acetylenes is 1. The van der Waals surface area contributed by atoms with Gasteiger partial charge in [-0.3, -0.25) is 9.88 Å². The van der Waals surface area contributed by atoms with Crippen molar-refractivity contribution < 1.29 is 23.0 Å². The first-order chi connectivity index (χ1) is 22.2. The third-order valence-electron chi connectivity index (χ3n) is 10.7. The van der Waals surface area contributed by atoms with Crippen molar-refractivity contribution >= 4 is 27.5 Å². The maximum absolute atomic E-state index is 16.9. The van der Waals surface area contributed by atoms with Crippen LogP contribution in [0.25, 0.3) is 32.9 Å². The highest BCUT2D eigenvalue weighted by atomic mass is 19.1. The van der Waals surface area contributed by atoms with Gasteiger partial charge in [0.1, 0.15) is 41.4 Å². The van der Waals surface area contributed by atoms with E-state index in [2.05, 4.69) is 37.9 Å². The topological polar surface area (TPSA) is 86.6 Å². The molecule has 0 amide bonds. The molecular weight excluding hydrogens is 593 g/mol. The lowest BCUT2D eigenvalue weighted by Gasteiger charge is -2.42. The number of phenolic OH excluding ortho intramolecular Hbond substituents is 1. The maximum Gasteiger partial charge on any atom is 0.319 e. The minimum absolute atomic E-state index is 0.00727. The van der Waals surface area contributed by atoms with Crippen molar-refractivity contribution in [2.24, 2.45) is 0 Å². The molecule has 4 atom stereocenters. The van der Waals surface area contributed by atoms with Crippen LogP contribution in [0.2, 0.25) is 0 Å². The molecule has 4 saturated heterocycles. The second-order valence-electron chi connectivity index (χ2n) is 13.4. The number of aromatic nitrogens is 3. The SMILES string of the molecule is C#Cc1c(F)ccc2cc(O)cc(-c3ncc4c(N5C[C@@H]6CC[C@](CC)(C5)N6)nc(OC[C@@]56CCCN5C[C@H](F)C6)nc4c3F)c12. The van der Waals surface area contributed by atoms with E-state index in [-0.39, 0.29) is 57.7 Å². The van der Waals surface area contributed by atoms with E-state index in [0.717, 1.165) is 38.6 Å². The van der Waals surface area contributed by atoms with Crippen molar-refractivity contribution in [1.29, 1.82) is 0 Å². The summed E-state index contributed by atoms with van der Waals surface area (Å²) in [5.74, 6) is 1.36. The fraction of sp³-hybridized carbons (Fsp3) is 0.457. The summed E-state index contributed by atoms with van der Waals surface area (Å²) in [5, 5.41) is 15.5. The van der Waals surface area contributed by atoms with Gasteiger partial charge >= 0.3 is 6.01 Å². The molecule has 2 aromatic carbocycles. The van der Waals surface area contributed by atoms with Crippen LogP contribution in [0.5, 0.6) is 11.8 Å². The molecule has 2 aromatic heterocycles. The first-order valence-corrected chi connectivity index (χ1v) is 16.0.